The third-order valence-corrected chi connectivity index (χ3v) is 7.41. The number of hydrogen-bond donors (Lipinski definition) is 2. The number of rotatable bonds is 7. The summed E-state index contributed by atoms with van der Waals surface area (Å²) >= 11 is 0. The number of nitrogens with one attached hydrogen (secondary N) is 2. The standard InChI is InChI=1S/C23H30FN3O2S/c1-2-12-25-20-5-3-18-15-21(6-4-17(18)14-20)26-30(28,29)23-9-7-22(8-10-23)27-13-11-19(24)16-27/h4,6-10,15,19-20,25-26H,2-3,5,11-14,16H2,1H3/t19-,20+/m1/s1. The maximum atomic E-state index is 13.4. The Balaban J connectivity index is 1.43. The topological polar surface area (TPSA) is 61.4 Å². The first-order chi connectivity index (χ1) is 14.4. The highest BCUT2D eigenvalue weighted by Crippen LogP contribution is 2.27. The summed E-state index contributed by atoms with van der Waals surface area (Å²) in [5, 5.41) is 3.58. The Labute approximate surface area is 178 Å². The lowest BCUT2D eigenvalue weighted by Crippen LogP contribution is -2.35. The zero-order chi connectivity index (χ0) is 21.1. The number of nitrogens with zero attached hydrogens (tertiary/aromatic N) is 1. The summed E-state index contributed by atoms with van der Waals surface area (Å²) in [6.07, 6.45) is 3.85. The van der Waals surface area contributed by atoms with Gasteiger partial charge >= 0.3 is 0 Å². The van der Waals surface area contributed by atoms with Crippen molar-refractivity contribution in [2.24, 2.45) is 0 Å². The Hall–Kier alpha value is -2.12. The molecule has 1 saturated heterocycles. The summed E-state index contributed by atoms with van der Waals surface area (Å²) in [4.78, 5) is 2.16. The highest BCUT2D eigenvalue weighted by molar-refractivity contribution is 7.92. The highest BCUT2D eigenvalue weighted by atomic mass is 32.2. The van der Waals surface area contributed by atoms with E-state index in [1.54, 1.807) is 24.3 Å². The first-order valence-electron chi connectivity index (χ1n) is 10.8. The third-order valence-electron chi connectivity index (χ3n) is 6.01. The normalized spacial score (nSPS) is 21.5. The number of aryl methyl sites for hydroxylation is 1. The van der Waals surface area contributed by atoms with Gasteiger partial charge in [-0.3, -0.25) is 4.72 Å². The van der Waals surface area contributed by atoms with Crippen molar-refractivity contribution in [1.82, 2.24) is 5.32 Å². The third kappa shape index (κ3) is 4.78. The molecule has 5 nitrogen and oxygen atoms in total. The molecule has 1 heterocycles. The fourth-order valence-corrected chi connectivity index (χ4v) is 5.39. The molecule has 0 spiro atoms. The smallest absolute Gasteiger partial charge is 0.261 e. The zero-order valence-electron chi connectivity index (χ0n) is 17.4. The second kappa shape index (κ2) is 8.94. The van der Waals surface area contributed by atoms with Crippen molar-refractivity contribution < 1.29 is 12.8 Å². The molecule has 30 heavy (non-hydrogen) atoms. The molecule has 2 aromatic rings. The first-order valence-corrected chi connectivity index (χ1v) is 12.3. The first kappa shape index (κ1) is 21.1. The van der Waals surface area contributed by atoms with Gasteiger partial charge in [0.25, 0.3) is 10.0 Å². The van der Waals surface area contributed by atoms with Crippen LogP contribution in [-0.2, 0) is 22.9 Å². The minimum Gasteiger partial charge on any atom is -0.369 e. The van der Waals surface area contributed by atoms with Gasteiger partial charge in [-0.25, -0.2) is 12.8 Å². The fourth-order valence-electron chi connectivity index (χ4n) is 4.34. The average Bonchev–Trinajstić information content (AvgIpc) is 3.18. The summed E-state index contributed by atoms with van der Waals surface area (Å²) in [5.41, 5.74) is 3.96. The molecule has 1 fully saturated rings. The molecule has 2 aromatic carbocycles. The minimum atomic E-state index is -3.67. The number of halogens is 1. The van der Waals surface area contributed by atoms with Gasteiger partial charge in [-0.05, 0) is 86.2 Å². The number of hydrogen-bond acceptors (Lipinski definition) is 4. The Morgan fingerprint density at radius 2 is 1.90 bits per heavy atom. The van der Waals surface area contributed by atoms with E-state index < -0.39 is 16.2 Å². The van der Waals surface area contributed by atoms with Crippen LogP contribution >= 0.6 is 0 Å². The van der Waals surface area contributed by atoms with Crippen LogP contribution in [-0.4, -0.2) is 40.3 Å². The second-order valence-corrected chi connectivity index (χ2v) is 9.99. The maximum absolute atomic E-state index is 13.4. The van der Waals surface area contributed by atoms with E-state index in [1.165, 1.54) is 11.1 Å². The van der Waals surface area contributed by atoms with Crippen LogP contribution in [0.3, 0.4) is 0 Å². The lowest BCUT2D eigenvalue weighted by atomic mass is 9.88. The predicted octanol–water partition coefficient (Wildman–Crippen LogP) is 3.89. The van der Waals surface area contributed by atoms with Gasteiger partial charge in [0.05, 0.1) is 4.90 Å². The van der Waals surface area contributed by atoms with Crippen molar-refractivity contribution in [1.29, 1.82) is 0 Å². The summed E-state index contributed by atoms with van der Waals surface area (Å²) in [6, 6.07) is 13.0. The van der Waals surface area contributed by atoms with Gasteiger partial charge in [-0.2, -0.15) is 0 Å². The molecule has 2 aliphatic rings. The van der Waals surface area contributed by atoms with E-state index in [1.807, 2.05) is 23.1 Å². The van der Waals surface area contributed by atoms with E-state index >= 15 is 0 Å². The Morgan fingerprint density at radius 3 is 2.60 bits per heavy atom. The van der Waals surface area contributed by atoms with Gasteiger partial charge in [0.15, 0.2) is 0 Å². The van der Waals surface area contributed by atoms with Crippen LogP contribution in [0.2, 0.25) is 0 Å². The molecule has 1 aliphatic carbocycles. The van der Waals surface area contributed by atoms with Crippen LogP contribution in [0, 0.1) is 0 Å². The van der Waals surface area contributed by atoms with Crippen LogP contribution in [0.25, 0.3) is 0 Å². The van der Waals surface area contributed by atoms with Gasteiger partial charge in [-0.15, -0.1) is 0 Å². The Bertz CT molecular complexity index is 978. The SMILES string of the molecule is CCCN[C@H]1CCc2cc(NS(=O)(=O)c3ccc(N4CC[C@@H](F)C4)cc3)ccc2C1. The molecule has 0 bridgehead atoms. The van der Waals surface area contributed by atoms with Crippen molar-refractivity contribution in [2.75, 3.05) is 29.3 Å². The van der Waals surface area contributed by atoms with Gasteiger partial charge < -0.3 is 10.2 Å². The molecular weight excluding hydrogens is 401 g/mol. The summed E-state index contributed by atoms with van der Waals surface area (Å²) in [7, 11) is -3.67. The van der Waals surface area contributed by atoms with E-state index in [9.17, 15) is 12.8 Å². The van der Waals surface area contributed by atoms with E-state index in [0.29, 0.717) is 31.2 Å². The number of alkyl halides is 1. The van der Waals surface area contributed by atoms with Crippen molar-refractivity contribution in [3.05, 3.63) is 53.6 Å². The van der Waals surface area contributed by atoms with E-state index in [0.717, 1.165) is 37.9 Å². The molecule has 0 aromatic heterocycles. The zero-order valence-corrected chi connectivity index (χ0v) is 18.2. The van der Waals surface area contributed by atoms with Crippen molar-refractivity contribution in [2.45, 2.75) is 56.1 Å². The highest BCUT2D eigenvalue weighted by Gasteiger charge is 2.23. The largest absolute Gasteiger partial charge is 0.369 e. The molecule has 2 N–H and O–H groups in total. The van der Waals surface area contributed by atoms with E-state index in [4.69, 9.17) is 0 Å². The van der Waals surface area contributed by atoms with Gasteiger partial charge in [0.2, 0.25) is 0 Å². The van der Waals surface area contributed by atoms with E-state index in [2.05, 4.69) is 17.0 Å². The lowest BCUT2D eigenvalue weighted by molar-refractivity contribution is 0.364. The molecule has 0 saturated carbocycles. The second-order valence-electron chi connectivity index (χ2n) is 8.31. The van der Waals surface area contributed by atoms with Gasteiger partial charge in [-0.1, -0.05) is 13.0 Å². The quantitative estimate of drug-likeness (QED) is 0.698. The van der Waals surface area contributed by atoms with Crippen molar-refractivity contribution >= 4 is 21.4 Å². The van der Waals surface area contributed by atoms with Gasteiger partial charge in [0.1, 0.15) is 6.17 Å². The van der Waals surface area contributed by atoms with Crippen molar-refractivity contribution in [3.63, 3.8) is 0 Å². The van der Waals surface area contributed by atoms with Crippen LogP contribution in [0.15, 0.2) is 47.4 Å². The van der Waals surface area contributed by atoms with Crippen LogP contribution in [0.4, 0.5) is 15.8 Å². The molecule has 162 valence electrons. The Morgan fingerprint density at radius 1 is 1.10 bits per heavy atom. The molecule has 7 heteroatoms. The average molecular weight is 432 g/mol. The molecule has 0 radical (unpaired) electrons. The van der Waals surface area contributed by atoms with Crippen LogP contribution in [0.5, 0.6) is 0 Å². The monoisotopic (exact) mass is 431 g/mol. The lowest BCUT2D eigenvalue weighted by Gasteiger charge is -2.26. The summed E-state index contributed by atoms with van der Waals surface area (Å²) < 4.78 is 41.8. The van der Waals surface area contributed by atoms with Gasteiger partial charge in [0, 0.05) is 30.5 Å². The van der Waals surface area contributed by atoms with Crippen LogP contribution < -0.4 is 14.9 Å². The Kier molecular flexibility index (Phi) is 6.29. The molecule has 4 rings (SSSR count). The molecular formula is C23H30FN3O2S. The molecule has 2 atom stereocenters. The van der Waals surface area contributed by atoms with E-state index in [-0.39, 0.29) is 4.90 Å². The molecule has 1 aliphatic heterocycles. The molecule has 0 amide bonds. The maximum Gasteiger partial charge on any atom is 0.261 e. The summed E-state index contributed by atoms with van der Waals surface area (Å²) in [5.74, 6) is 0. The molecule has 0 unspecified atom stereocenters. The number of anilines is 2. The minimum absolute atomic E-state index is 0.212. The fraction of sp³-hybridized carbons (Fsp3) is 0.478. The predicted molar refractivity (Wildman–Crippen MR) is 120 cm³/mol. The number of benzene rings is 2. The summed E-state index contributed by atoms with van der Waals surface area (Å²) in [6.45, 7) is 4.23. The number of fused-ring (bicyclic) bond motifs is 1. The van der Waals surface area contributed by atoms with Crippen molar-refractivity contribution in [3.8, 4) is 0 Å². The van der Waals surface area contributed by atoms with Crippen LogP contribution in [0.1, 0.15) is 37.3 Å². The number of sulfonamides is 1.